The summed E-state index contributed by atoms with van der Waals surface area (Å²) in [7, 11) is 0. The predicted octanol–water partition coefficient (Wildman–Crippen LogP) is 5.95. The summed E-state index contributed by atoms with van der Waals surface area (Å²) in [5, 5.41) is 11.7. The van der Waals surface area contributed by atoms with Crippen LogP contribution in [0.5, 0.6) is 11.5 Å². The van der Waals surface area contributed by atoms with Crippen molar-refractivity contribution < 1.29 is 9.53 Å². The van der Waals surface area contributed by atoms with Gasteiger partial charge in [-0.25, -0.2) is 0 Å². The molecular weight excluding hydrogens is 348 g/mol. The summed E-state index contributed by atoms with van der Waals surface area (Å²) in [4.78, 5) is 12.4. The number of benzene rings is 3. The number of nitriles is 1. The van der Waals surface area contributed by atoms with Crippen LogP contribution in [0.25, 0.3) is 0 Å². The van der Waals surface area contributed by atoms with E-state index in [1.165, 1.54) is 5.56 Å². The van der Waals surface area contributed by atoms with Crippen molar-refractivity contribution >= 4 is 11.6 Å². The lowest BCUT2D eigenvalue weighted by Crippen LogP contribution is -2.11. The van der Waals surface area contributed by atoms with Gasteiger partial charge in [-0.1, -0.05) is 25.5 Å². The summed E-state index contributed by atoms with van der Waals surface area (Å²) in [6.07, 6.45) is 3.36. The summed E-state index contributed by atoms with van der Waals surface area (Å²) in [6.45, 7) is 2.17. The minimum absolute atomic E-state index is 0.136. The molecule has 1 N–H and O–H groups in total. The number of ether oxygens (including phenoxy) is 1. The number of nitrogens with one attached hydrogen (secondary N) is 1. The van der Waals surface area contributed by atoms with Gasteiger partial charge in [0.25, 0.3) is 5.91 Å². The minimum atomic E-state index is -0.136. The molecule has 1 amide bonds. The van der Waals surface area contributed by atoms with E-state index in [0.29, 0.717) is 28.3 Å². The summed E-state index contributed by atoms with van der Waals surface area (Å²) in [5.41, 5.74) is 3.18. The molecule has 0 aliphatic heterocycles. The first kappa shape index (κ1) is 19.2. The molecule has 3 aromatic carbocycles. The molecule has 3 rings (SSSR count). The van der Waals surface area contributed by atoms with Crippen LogP contribution < -0.4 is 10.1 Å². The van der Waals surface area contributed by atoms with Gasteiger partial charge in [-0.2, -0.15) is 5.26 Å². The highest BCUT2D eigenvalue weighted by Crippen LogP contribution is 2.23. The fraction of sp³-hybridized carbons (Fsp3) is 0.167. The maximum absolute atomic E-state index is 12.4. The van der Waals surface area contributed by atoms with Crippen LogP contribution in [-0.2, 0) is 6.42 Å². The van der Waals surface area contributed by atoms with Crippen molar-refractivity contribution in [2.45, 2.75) is 26.2 Å². The summed E-state index contributed by atoms with van der Waals surface area (Å²) < 4.78 is 5.75. The molecule has 140 valence electrons. The van der Waals surface area contributed by atoms with Gasteiger partial charge in [0.2, 0.25) is 0 Å². The third kappa shape index (κ3) is 5.21. The SMILES string of the molecule is CCCCc1ccc(C(=O)Nc2ccc(Oc3ccc(C#N)cc3)cc2)cc1. The van der Waals surface area contributed by atoms with E-state index in [1.807, 2.05) is 24.3 Å². The van der Waals surface area contributed by atoms with E-state index in [9.17, 15) is 4.79 Å². The molecule has 4 nitrogen and oxygen atoms in total. The Morgan fingerprint density at radius 3 is 2.11 bits per heavy atom. The lowest BCUT2D eigenvalue weighted by Gasteiger charge is -2.09. The number of amides is 1. The van der Waals surface area contributed by atoms with Gasteiger partial charge in [-0.3, -0.25) is 4.79 Å². The van der Waals surface area contributed by atoms with Crippen molar-refractivity contribution in [3.05, 3.63) is 89.5 Å². The largest absolute Gasteiger partial charge is 0.457 e. The Balaban J connectivity index is 1.58. The van der Waals surface area contributed by atoms with Crippen molar-refractivity contribution in [2.75, 3.05) is 5.32 Å². The minimum Gasteiger partial charge on any atom is -0.457 e. The van der Waals surface area contributed by atoms with Crippen molar-refractivity contribution in [2.24, 2.45) is 0 Å². The second-order valence-electron chi connectivity index (χ2n) is 6.52. The van der Waals surface area contributed by atoms with Gasteiger partial charge in [-0.05, 0) is 79.1 Å². The first-order valence-electron chi connectivity index (χ1n) is 9.36. The summed E-state index contributed by atoms with van der Waals surface area (Å²) in [5.74, 6) is 1.17. The molecule has 0 heterocycles. The van der Waals surface area contributed by atoms with Crippen LogP contribution in [0.15, 0.2) is 72.8 Å². The van der Waals surface area contributed by atoms with E-state index in [1.54, 1.807) is 48.5 Å². The normalized spacial score (nSPS) is 10.1. The number of rotatable bonds is 7. The van der Waals surface area contributed by atoms with Gasteiger partial charge >= 0.3 is 0 Å². The monoisotopic (exact) mass is 370 g/mol. The van der Waals surface area contributed by atoms with E-state index in [-0.39, 0.29) is 5.91 Å². The van der Waals surface area contributed by atoms with E-state index < -0.39 is 0 Å². The highest BCUT2D eigenvalue weighted by Gasteiger charge is 2.06. The van der Waals surface area contributed by atoms with Gasteiger partial charge in [0.1, 0.15) is 11.5 Å². The zero-order valence-electron chi connectivity index (χ0n) is 15.8. The Labute approximate surface area is 165 Å². The molecule has 0 saturated carbocycles. The van der Waals surface area contributed by atoms with Crippen molar-refractivity contribution in [1.82, 2.24) is 0 Å². The Bertz CT molecular complexity index is 953. The molecule has 0 unspecified atom stereocenters. The smallest absolute Gasteiger partial charge is 0.255 e. The average Bonchev–Trinajstić information content (AvgIpc) is 2.74. The Morgan fingerprint density at radius 2 is 1.54 bits per heavy atom. The molecule has 28 heavy (non-hydrogen) atoms. The molecule has 0 saturated heterocycles. The Kier molecular flexibility index (Phi) is 6.43. The lowest BCUT2D eigenvalue weighted by atomic mass is 10.1. The third-order valence-electron chi connectivity index (χ3n) is 4.37. The second kappa shape index (κ2) is 9.38. The number of anilines is 1. The second-order valence-corrected chi connectivity index (χ2v) is 6.52. The first-order chi connectivity index (χ1) is 13.7. The molecule has 0 aliphatic rings. The zero-order valence-corrected chi connectivity index (χ0v) is 15.8. The molecule has 4 heteroatoms. The number of unbranched alkanes of at least 4 members (excludes halogenated alkanes) is 1. The number of carbonyl (C=O) groups excluding carboxylic acids is 1. The van der Waals surface area contributed by atoms with Crippen LogP contribution in [0.4, 0.5) is 5.69 Å². The molecule has 0 aromatic heterocycles. The summed E-state index contributed by atoms with van der Waals surface area (Å²) in [6, 6.07) is 23.9. The topological polar surface area (TPSA) is 62.1 Å². The fourth-order valence-electron chi connectivity index (χ4n) is 2.75. The van der Waals surface area contributed by atoms with Gasteiger partial charge in [0.15, 0.2) is 0 Å². The Morgan fingerprint density at radius 1 is 0.929 bits per heavy atom. The van der Waals surface area contributed by atoms with Crippen LogP contribution in [0.2, 0.25) is 0 Å². The van der Waals surface area contributed by atoms with Crippen LogP contribution in [-0.4, -0.2) is 5.91 Å². The maximum Gasteiger partial charge on any atom is 0.255 e. The number of hydrogen-bond acceptors (Lipinski definition) is 3. The number of nitrogens with zero attached hydrogens (tertiary/aromatic N) is 1. The standard InChI is InChI=1S/C24H22N2O2/c1-2-3-4-18-5-9-20(10-6-18)24(27)26-21-11-15-23(16-12-21)28-22-13-7-19(17-25)8-14-22/h5-16H,2-4H2,1H3,(H,26,27). The number of hydrogen-bond donors (Lipinski definition) is 1. The first-order valence-corrected chi connectivity index (χ1v) is 9.36. The van der Waals surface area contributed by atoms with Gasteiger partial charge in [0.05, 0.1) is 11.6 Å². The molecule has 0 radical (unpaired) electrons. The third-order valence-corrected chi connectivity index (χ3v) is 4.37. The predicted molar refractivity (Wildman–Crippen MR) is 111 cm³/mol. The van der Waals surface area contributed by atoms with Crippen LogP contribution in [0.1, 0.15) is 41.3 Å². The molecule has 0 atom stereocenters. The molecule has 3 aromatic rings. The van der Waals surface area contributed by atoms with Crippen molar-refractivity contribution in [3.63, 3.8) is 0 Å². The molecule has 0 bridgehead atoms. The zero-order chi connectivity index (χ0) is 19.8. The van der Waals surface area contributed by atoms with Crippen LogP contribution in [0, 0.1) is 11.3 Å². The average molecular weight is 370 g/mol. The van der Waals surface area contributed by atoms with Gasteiger partial charge in [-0.15, -0.1) is 0 Å². The lowest BCUT2D eigenvalue weighted by molar-refractivity contribution is 0.102. The van der Waals surface area contributed by atoms with Gasteiger partial charge < -0.3 is 10.1 Å². The van der Waals surface area contributed by atoms with Crippen molar-refractivity contribution in [3.8, 4) is 17.6 Å². The van der Waals surface area contributed by atoms with E-state index in [4.69, 9.17) is 10.00 Å². The fourth-order valence-corrected chi connectivity index (χ4v) is 2.75. The van der Waals surface area contributed by atoms with E-state index in [0.717, 1.165) is 19.3 Å². The van der Waals surface area contributed by atoms with Gasteiger partial charge in [0, 0.05) is 11.3 Å². The highest BCUT2D eigenvalue weighted by molar-refractivity contribution is 6.04. The highest BCUT2D eigenvalue weighted by atomic mass is 16.5. The van der Waals surface area contributed by atoms with Crippen molar-refractivity contribution in [1.29, 1.82) is 5.26 Å². The van der Waals surface area contributed by atoms with E-state index >= 15 is 0 Å². The number of aryl methyl sites for hydroxylation is 1. The molecule has 0 aliphatic carbocycles. The molecular formula is C24H22N2O2. The maximum atomic E-state index is 12.4. The Hall–Kier alpha value is -3.58. The summed E-state index contributed by atoms with van der Waals surface area (Å²) >= 11 is 0. The quantitative estimate of drug-likeness (QED) is 0.559. The van der Waals surface area contributed by atoms with Crippen LogP contribution in [0.3, 0.4) is 0 Å². The van der Waals surface area contributed by atoms with Crippen LogP contribution >= 0.6 is 0 Å². The van der Waals surface area contributed by atoms with E-state index in [2.05, 4.69) is 18.3 Å². The molecule has 0 fully saturated rings. The molecule has 0 spiro atoms. The number of carbonyl (C=O) groups is 1.